The zero-order valence-electron chi connectivity index (χ0n) is 37.7. The maximum atomic E-state index is 12.8. The minimum absolute atomic E-state index is 0.0986. The molecule has 1 heterocycles. The summed E-state index contributed by atoms with van der Waals surface area (Å²) < 4.78 is 22.7. The second-order valence-corrected chi connectivity index (χ2v) is 15.8. The molecule has 0 amide bonds. The maximum absolute atomic E-state index is 12.8. The topological polar surface area (TPSA) is 135 Å². The Morgan fingerprint density at radius 1 is 0.550 bits per heavy atom. The molecule has 0 aromatic carbocycles. The van der Waals surface area contributed by atoms with Crippen LogP contribution in [0, 0.1) is 0 Å². The smallest absolute Gasteiger partial charge is 0.306 e. The highest BCUT2D eigenvalue weighted by Gasteiger charge is 2.44. The lowest BCUT2D eigenvalue weighted by atomic mass is 9.99. The highest BCUT2D eigenvalue weighted by atomic mass is 16.7. The van der Waals surface area contributed by atoms with Crippen LogP contribution in [0.2, 0.25) is 0 Å². The number of carbonyl (C=O) groups excluding carboxylic acids is 1. The van der Waals surface area contributed by atoms with Crippen LogP contribution in [0.25, 0.3) is 0 Å². The number of unbranched alkanes of at least 4 members (excludes halogenated alkanes) is 14. The molecule has 0 spiro atoms. The highest BCUT2D eigenvalue weighted by Crippen LogP contribution is 2.22. The van der Waals surface area contributed by atoms with E-state index in [1.54, 1.807) is 0 Å². The lowest BCUT2D eigenvalue weighted by Gasteiger charge is -2.39. The summed E-state index contributed by atoms with van der Waals surface area (Å²) in [6, 6.07) is 0. The van der Waals surface area contributed by atoms with Gasteiger partial charge in [0.05, 0.1) is 19.8 Å². The van der Waals surface area contributed by atoms with Crippen molar-refractivity contribution in [1.82, 2.24) is 0 Å². The summed E-state index contributed by atoms with van der Waals surface area (Å²) in [4.78, 5) is 12.8. The number of aliphatic hydroxyl groups excluding tert-OH is 4. The second kappa shape index (κ2) is 41.7. The maximum Gasteiger partial charge on any atom is 0.306 e. The summed E-state index contributed by atoms with van der Waals surface area (Å²) in [6.45, 7) is 4.26. The van der Waals surface area contributed by atoms with Crippen molar-refractivity contribution in [2.45, 2.75) is 205 Å². The molecule has 6 atom stereocenters. The largest absolute Gasteiger partial charge is 0.457 e. The van der Waals surface area contributed by atoms with E-state index in [1.165, 1.54) is 64.2 Å². The van der Waals surface area contributed by atoms with Gasteiger partial charge in [0.25, 0.3) is 0 Å². The van der Waals surface area contributed by atoms with Crippen LogP contribution in [-0.2, 0) is 23.7 Å². The lowest BCUT2D eigenvalue weighted by molar-refractivity contribution is -0.305. The van der Waals surface area contributed by atoms with Gasteiger partial charge in [0, 0.05) is 13.0 Å². The van der Waals surface area contributed by atoms with Crippen LogP contribution in [0.3, 0.4) is 0 Å². The standard InChI is InChI=1S/C51H86O9/c1-3-5-7-9-11-13-15-17-19-20-21-22-23-24-25-26-27-28-30-32-34-36-38-40-47(53)59-45(44-58-51-50(56)49(55)48(54)46(42-52)60-51)43-57-41-39-37-35-33-31-29-18-16-14-12-10-8-6-4-2/h6,8,12,14-15,17-18,20-21,23-24,29,33,35,45-46,48-52,54-56H,3-5,7,9-11,13,16,19,22,25-28,30-32,34,36-44H2,1-2H3/b8-6-,14-12-,17-15-,21-20-,24-23-,29-18-,35-33-. The molecule has 1 fully saturated rings. The van der Waals surface area contributed by atoms with E-state index in [1.807, 2.05) is 0 Å². The van der Waals surface area contributed by atoms with E-state index in [4.69, 9.17) is 18.9 Å². The Labute approximate surface area is 365 Å². The first-order chi connectivity index (χ1) is 29.4. The van der Waals surface area contributed by atoms with Crippen LogP contribution < -0.4 is 0 Å². The molecular formula is C51H86O9. The van der Waals surface area contributed by atoms with Crippen molar-refractivity contribution in [3.63, 3.8) is 0 Å². The molecular weight excluding hydrogens is 757 g/mol. The second-order valence-electron chi connectivity index (χ2n) is 15.8. The van der Waals surface area contributed by atoms with E-state index < -0.39 is 43.4 Å². The predicted molar refractivity (Wildman–Crippen MR) is 247 cm³/mol. The van der Waals surface area contributed by atoms with Gasteiger partial charge in [-0.25, -0.2) is 0 Å². The van der Waals surface area contributed by atoms with E-state index in [0.29, 0.717) is 13.0 Å². The van der Waals surface area contributed by atoms with Crippen molar-refractivity contribution < 1.29 is 44.2 Å². The van der Waals surface area contributed by atoms with Crippen molar-refractivity contribution in [3.05, 3.63) is 85.1 Å². The van der Waals surface area contributed by atoms with Gasteiger partial charge >= 0.3 is 5.97 Å². The van der Waals surface area contributed by atoms with Gasteiger partial charge in [-0.2, -0.15) is 0 Å². The Balaban J connectivity index is 2.27. The van der Waals surface area contributed by atoms with Gasteiger partial charge < -0.3 is 39.4 Å². The summed E-state index contributed by atoms with van der Waals surface area (Å²) in [5.41, 5.74) is 0. The minimum Gasteiger partial charge on any atom is -0.457 e. The third kappa shape index (κ3) is 32.1. The average molecular weight is 843 g/mol. The quantitative estimate of drug-likeness (QED) is 0.0271. The van der Waals surface area contributed by atoms with Gasteiger partial charge in [-0.05, 0) is 83.5 Å². The molecule has 1 aliphatic heterocycles. The van der Waals surface area contributed by atoms with E-state index in [0.717, 1.165) is 83.5 Å². The molecule has 9 heteroatoms. The molecule has 60 heavy (non-hydrogen) atoms. The Morgan fingerprint density at radius 2 is 1.02 bits per heavy atom. The van der Waals surface area contributed by atoms with E-state index >= 15 is 0 Å². The molecule has 0 bridgehead atoms. The average Bonchev–Trinajstić information content (AvgIpc) is 3.25. The number of aliphatic hydroxyl groups is 4. The van der Waals surface area contributed by atoms with Crippen LogP contribution in [0.4, 0.5) is 0 Å². The Hall–Kier alpha value is -2.63. The first-order valence-electron chi connectivity index (χ1n) is 23.7. The number of carbonyl (C=O) groups is 1. The number of allylic oxidation sites excluding steroid dienone is 14. The Kier molecular flexibility index (Phi) is 38.5. The molecule has 6 unspecified atom stereocenters. The summed E-state index contributed by atoms with van der Waals surface area (Å²) >= 11 is 0. The number of hydrogen-bond acceptors (Lipinski definition) is 9. The third-order valence-electron chi connectivity index (χ3n) is 10.3. The van der Waals surface area contributed by atoms with Crippen LogP contribution in [-0.4, -0.2) is 89.6 Å². The van der Waals surface area contributed by atoms with Crippen molar-refractivity contribution in [2.75, 3.05) is 26.4 Å². The minimum atomic E-state index is -1.55. The van der Waals surface area contributed by atoms with Crippen molar-refractivity contribution in [1.29, 1.82) is 0 Å². The van der Waals surface area contributed by atoms with Gasteiger partial charge in [-0.3, -0.25) is 4.79 Å². The fourth-order valence-corrected chi connectivity index (χ4v) is 6.62. The fraction of sp³-hybridized carbons (Fsp3) is 0.706. The molecule has 0 aliphatic carbocycles. The predicted octanol–water partition coefficient (Wildman–Crippen LogP) is 11.0. The SMILES string of the molecule is CC/C=C\C/C=C\C/C=C\C/C=C\CCCOCC(COC1OC(CO)C(O)C(O)C1O)OC(=O)CCCCCCCCCC/C=C\C/C=C\C/C=C\CCCCCCC. The first-order valence-corrected chi connectivity index (χ1v) is 23.7. The number of esters is 1. The zero-order valence-corrected chi connectivity index (χ0v) is 37.7. The van der Waals surface area contributed by atoms with Crippen LogP contribution in [0.15, 0.2) is 85.1 Å². The van der Waals surface area contributed by atoms with Crippen LogP contribution in [0.1, 0.15) is 168 Å². The van der Waals surface area contributed by atoms with Crippen LogP contribution in [0.5, 0.6) is 0 Å². The monoisotopic (exact) mass is 843 g/mol. The fourth-order valence-electron chi connectivity index (χ4n) is 6.62. The summed E-state index contributed by atoms with van der Waals surface area (Å²) in [5, 5.41) is 40.1. The van der Waals surface area contributed by atoms with Gasteiger partial charge in [0.2, 0.25) is 0 Å². The molecule has 1 aliphatic rings. The van der Waals surface area contributed by atoms with Crippen molar-refractivity contribution in [2.24, 2.45) is 0 Å². The molecule has 9 nitrogen and oxygen atoms in total. The van der Waals surface area contributed by atoms with E-state index in [-0.39, 0.29) is 19.2 Å². The van der Waals surface area contributed by atoms with Crippen molar-refractivity contribution in [3.8, 4) is 0 Å². The van der Waals surface area contributed by atoms with Crippen LogP contribution >= 0.6 is 0 Å². The van der Waals surface area contributed by atoms with Gasteiger partial charge in [-0.15, -0.1) is 0 Å². The molecule has 0 saturated carbocycles. The first kappa shape index (κ1) is 55.4. The summed E-state index contributed by atoms with van der Waals surface area (Å²) in [7, 11) is 0. The lowest BCUT2D eigenvalue weighted by Crippen LogP contribution is -2.59. The van der Waals surface area contributed by atoms with E-state index in [9.17, 15) is 25.2 Å². The zero-order chi connectivity index (χ0) is 43.6. The van der Waals surface area contributed by atoms with Gasteiger partial charge in [0.15, 0.2) is 6.29 Å². The highest BCUT2D eigenvalue weighted by molar-refractivity contribution is 5.69. The number of hydrogen-bond donors (Lipinski definition) is 4. The molecule has 1 saturated heterocycles. The summed E-state index contributed by atoms with van der Waals surface area (Å²) in [6.07, 6.45) is 49.1. The normalized spacial score (nSPS) is 20.8. The Morgan fingerprint density at radius 3 is 1.53 bits per heavy atom. The molecule has 0 aromatic rings. The number of ether oxygens (including phenoxy) is 4. The molecule has 0 aromatic heterocycles. The molecule has 344 valence electrons. The summed E-state index contributed by atoms with van der Waals surface area (Å²) in [5.74, 6) is -0.343. The number of rotatable bonds is 39. The van der Waals surface area contributed by atoms with Gasteiger partial charge in [-0.1, -0.05) is 163 Å². The van der Waals surface area contributed by atoms with Crippen molar-refractivity contribution >= 4 is 5.97 Å². The molecule has 4 N–H and O–H groups in total. The molecule has 0 radical (unpaired) electrons. The van der Waals surface area contributed by atoms with E-state index in [2.05, 4.69) is 98.9 Å². The molecule has 1 rings (SSSR count). The third-order valence-corrected chi connectivity index (χ3v) is 10.3. The Bertz CT molecular complexity index is 1190. The van der Waals surface area contributed by atoms with Gasteiger partial charge in [0.1, 0.15) is 30.5 Å².